The number of hydrogen-bond acceptors (Lipinski definition) is 4. The van der Waals surface area contributed by atoms with Gasteiger partial charge in [0.1, 0.15) is 0 Å². The van der Waals surface area contributed by atoms with Crippen molar-refractivity contribution >= 4 is 0 Å². The molecule has 1 rings (SSSR count). The van der Waals surface area contributed by atoms with E-state index < -0.39 is 11.2 Å². The van der Waals surface area contributed by atoms with Gasteiger partial charge < -0.3 is 0 Å². The van der Waals surface area contributed by atoms with Gasteiger partial charge in [-0.2, -0.15) is 0 Å². The van der Waals surface area contributed by atoms with Crippen LogP contribution >= 0.6 is 0 Å². The van der Waals surface area contributed by atoms with Crippen molar-refractivity contribution in [2.75, 3.05) is 6.54 Å². The minimum Gasteiger partial charge on any atom is -0.293 e. The minimum absolute atomic E-state index is 0.271. The lowest BCUT2D eigenvalue weighted by atomic mass is 10.6. The van der Waals surface area contributed by atoms with Crippen LogP contribution in [0.3, 0.4) is 0 Å². The Bertz CT molecular complexity index is 98.7. The van der Waals surface area contributed by atoms with Gasteiger partial charge in [-0.05, 0) is 0 Å². The van der Waals surface area contributed by atoms with Gasteiger partial charge in [-0.25, -0.2) is 0 Å². The molecule has 1 radical (unpaired) electrons. The van der Waals surface area contributed by atoms with Crippen LogP contribution < -0.4 is 5.32 Å². The van der Waals surface area contributed by atoms with Crippen molar-refractivity contribution in [2.24, 2.45) is 0 Å². The van der Waals surface area contributed by atoms with Crippen LogP contribution in [0, 0.1) is 16.8 Å². The highest BCUT2D eigenvalue weighted by molar-refractivity contribution is 4.61. The number of hydrogen-bond donors (Lipinski definition) is 1. The summed E-state index contributed by atoms with van der Waals surface area (Å²) in [6, 6.07) is 0. The first-order chi connectivity index (χ1) is 3.80. The molecule has 1 N–H and O–H groups in total. The topological polar surface area (TPSA) is 64.4 Å². The molecule has 1 aliphatic rings. The zero-order valence-corrected chi connectivity index (χ0v) is 4.03. The van der Waals surface area contributed by atoms with E-state index in [0.29, 0.717) is 0 Å². The monoisotopic (exact) mass is 117 g/mol. The molecule has 0 aromatic carbocycles. The van der Waals surface area contributed by atoms with E-state index in [1.54, 1.807) is 0 Å². The van der Waals surface area contributed by atoms with Gasteiger partial charge in [-0.1, -0.05) is 0 Å². The van der Waals surface area contributed by atoms with E-state index in [1.807, 2.05) is 0 Å². The lowest BCUT2D eigenvalue weighted by molar-refractivity contribution is -0.562. The van der Waals surface area contributed by atoms with E-state index in [1.165, 1.54) is 6.73 Å². The quantitative estimate of drug-likeness (QED) is 0.365. The summed E-state index contributed by atoms with van der Waals surface area (Å²) in [6.07, 6.45) is -0.880. The van der Waals surface area contributed by atoms with Crippen LogP contribution in [0.25, 0.3) is 0 Å². The molecule has 0 aromatic rings. The van der Waals surface area contributed by atoms with Gasteiger partial charge >= 0.3 is 6.23 Å². The van der Waals surface area contributed by atoms with E-state index in [0.717, 1.165) is 0 Å². The number of rotatable bonds is 1. The Morgan fingerprint density at radius 3 is 3.00 bits per heavy atom. The fraction of sp³-hybridized carbons (Fsp3) is 0.667. The van der Waals surface area contributed by atoms with Crippen molar-refractivity contribution in [3.05, 3.63) is 16.8 Å². The maximum Gasteiger partial charge on any atom is 0.329 e. The van der Waals surface area contributed by atoms with Gasteiger partial charge in [-0.15, -0.1) is 0 Å². The molecule has 0 spiro atoms. The molecule has 5 nitrogen and oxygen atoms in total. The predicted molar refractivity (Wildman–Crippen MR) is 24.2 cm³/mol. The van der Waals surface area contributed by atoms with Crippen LogP contribution in [0.2, 0.25) is 0 Å². The Hall–Kier alpha value is -0.680. The van der Waals surface area contributed by atoms with Crippen molar-refractivity contribution in [2.45, 2.75) is 6.23 Å². The second-order valence-electron chi connectivity index (χ2n) is 1.40. The highest BCUT2D eigenvalue weighted by Gasteiger charge is 2.25. The normalized spacial score (nSPS) is 28.2. The molecular formula is C3H5N2O3. The molecule has 1 fully saturated rings. The molecule has 1 atom stereocenters. The number of nitro groups is 1. The van der Waals surface area contributed by atoms with Crippen molar-refractivity contribution in [3.8, 4) is 0 Å². The summed E-state index contributed by atoms with van der Waals surface area (Å²) in [4.78, 5) is 9.35. The summed E-state index contributed by atoms with van der Waals surface area (Å²) >= 11 is 0. The Morgan fingerprint density at radius 2 is 2.75 bits per heavy atom. The number of nitrogens with one attached hydrogen (secondary N) is 1. The molecule has 5 heteroatoms. The van der Waals surface area contributed by atoms with Crippen molar-refractivity contribution in [3.63, 3.8) is 0 Å². The third-order valence-corrected chi connectivity index (χ3v) is 0.836. The SMILES string of the molecule is O=[N+]([O-])C1CN[CH]O1. The van der Waals surface area contributed by atoms with E-state index in [4.69, 9.17) is 0 Å². The molecule has 1 heterocycles. The molecule has 45 valence electrons. The smallest absolute Gasteiger partial charge is 0.293 e. The lowest BCUT2D eigenvalue weighted by Gasteiger charge is -1.94. The summed E-state index contributed by atoms with van der Waals surface area (Å²) in [5.41, 5.74) is 0. The second kappa shape index (κ2) is 2.06. The first kappa shape index (κ1) is 5.46. The lowest BCUT2D eigenvalue weighted by Crippen LogP contribution is -2.22. The Labute approximate surface area is 45.8 Å². The highest BCUT2D eigenvalue weighted by Crippen LogP contribution is 1.98. The van der Waals surface area contributed by atoms with E-state index >= 15 is 0 Å². The number of ether oxygens (including phenoxy) is 1. The standard InChI is InChI=1S/C3H5N2O3/c6-5(7)3-1-4-2-8-3/h2-4H,1H2. The van der Waals surface area contributed by atoms with Crippen molar-refractivity contribution in [1.82, 2.24) is 5.32 Å². The molecule has 0 saturated carbocycles. The molecule has 1 saturated heterocycles. The highest BCUT2D eigenvalue weighted by atomic mass is 16.7. The summed E-state index contributed by atoms with van der Waals surface area (Å²) in [5.74, 6) is 0. The Kier molecular flexibility index (Phi) is 1.40. The predicted octanol–water partition coefficient (Wildman–Crippen LogP) is -0.672. The van der Waals surface area contributed by atoms with Crippen molar-refractivity contribution in [1.29, 1.82) is 0 Å². The van der Waals surface area contributed by atoms with Gasteiger partial charge in [0.25, 0.3) is 0 Å². The van der Waals surface area contributed by atoms with Crippen LogP contribution in [0.1, 0.15) is 0 Å². The molecule has 1 aliphatic heterocycles. The minimum atomic E-state index is -0.880. The summed E-state index contributed by atoms with van der Waals surface area (Å²) in [6.45, 7) is 1.50. The van der Waals surface area contributed by atoms with Crippen molar-refractivity contribution < 1.29 is 9.66 Å². The fourth-order valence-corrected chi connectivity index (χ4v) is 0.448. The van der Waals surface area contributed by atoms with Crippen LogP contribution in [0.15, 0.2) is 0 Å². The molecule has 8 heavy (non-hydrogen) atoms. The van der Waals surface area contributed by atoms with E-state index in [2.05, 4.69) is 10.1 Å². The molecule has 1 unspecified atom stereocenters. The average Bonchev–Trinajstić information content (AvgIpc) is 2.12. The zero-order chi connectivity index (χ0) is 5.98. The van der Waals surface area contributed by atoms with Crippen LogP contribution in [-0.2, 0) is 4.74 Å². The Balaban J connectivity index is 2.35. The van der Waals surface area contributed by atoms with Gasteiger partial charge in [0.2, 0.25) is 0 Å². The van der Waals surface area contributed by atoms with Crippen LogP contribution in [0.4, 0.5) is 0 Å². The van der Waals surface area contributed by atoms with Gasteiger partial charge in [0.15, 0.2) is 6.73 Å². The molecular weight excluding hydrogens is 112 g/mol. The average molecular weight is 117 g/mol. The molecule has 0 aliphatic carbocycles. The maximum absolute atomic E-state index is 9.82. The van der Waals surface area contributed by atoms with Gasteiger partial charge in [0, 0.05) is 0 Å². The summed E-state index contributed by atoms with van der Waals surface area (Å²) in [5, 5.41) is 12.4. The molecule has 0 bridgehead atoms. The first-order valence-corrected chi connectivity index (χ1v) is 2.15. The summed E-state index contributed by atoms with van der Waals surface area (Å²) in [7, 11) is 0. The fourth-order valence-electron chi connectivity index (χ4n) is 0.448. The second-order valence-corrected chi connectivity index (χ2v) is 1.40. The zero-order valence-electron chi connectivity index (χ0n) is 4.03. The van der Waals surface area contributed by atoms with E-state index in [9.17, 15) is 10.1 Å². The van der Waals surface area contributed by atoms with E-state index in [-0.39, 0.29) is 6.54 Å². The summed E-state index contributed by atoms with van der Waals surface area (Å²) < 4.78 is 4.48. The van der Waals surface area contributed by atoms with Crippen LogP contribution in [0.5, 0.6) is 0 Å². The third-order valence-electron chi connectivity index (χ3n) is 0.836. The van der Waals surface area contributed by atoms with Gasteiger partial charge in [0.05, 0.1) is 11.5 Å². The Morgan fingerprint density at radius 1 is 2.00 bits per heavy atom. The third kappa shape index (κ3) is 0.932. The van der Waals surface area contributed by atoms with Gasteiger partial charge in [-0.3, -0.25) is 20.2 Å². The first-order valence-electron chi connectivity index (χ1n) is 2.15. The number of nitrogens with zero attached hydrogens (tertiary/aromatic N) is 1. The maximum atomic E-state index is 9.82. The van der Waals surface area contributed by atoms with Crippen LogP contribution in [-0.4, -0.2) is 17.7 Å². The molecule has 0 aromatic heterocycles. The largest absolute Gasteiger partial charge is 0.329 e. The molecule has 0 amide bonds.